The van der Waals surface area contributed by atoms with Crippen molar-refractivity contribution < 1.29 is 35.7 Å². The lowest BCUT2D eigenvalue weighted by Gasteiger charge is -2.33. The second-order valence-electron chi connectivity index (χ2n) is 12.2. The topological polar surface area (TPSA) is 51.5 Å². The standard InChI is InChI=1S/C31H47N2O3.BrH/c1-30(2,3)25-31(4,5)27-12-16-29(17-13-27)36-23-22-34-21-19-33(6,7)24-26-10-14-28(15-11-26)35-20-9-8-18-32;/h10-17H,8-9,19-25H2,1-7H3;1H/q+1;/p-1. The monoisotopic (exact) mass is 574 g/mol. The van der Waals surface area contributed by atoms with E-state index in [2.05, 4.69) is 91.2 Å². The molecular formula is C31H47BrN2O3. The zero-order chi connectivity index (χ0) is 26.7. The molecule has 0 heterocycles. The molecule has 2 aromatic rings. The van der Waals surface area contributed by atoms with E-state index in [-0.39, 0.29) is 22.4 Å². The third-order valence-corrected chi connectivity index (χ3v) is 6.18. The van der Waals surface area contributed by atoms with Crippen molar-refractivity contribution in [3.05, 3.63) is 59.7 Å². The fourth-order valence-corrected chi connectivity index (χ4v) is 4.67. The van der Waals surface area contributed by atoms with Gasteiger partial charge in [0.1, 0.15) is 31.2 Å². The van der Waals surface area contributed by atoms with Crippen LogP contribution in [-0.2, 0) is 16.7 Å². The van der Waals surface area contributed by atoms with Crippen molar-refractivity contribution in [1.82, 2.24) is 0 Å². The predicted molar refractivity (Wildman–Crippen MR) is 147 cm³/mol. The zero-order valence-corrected chi connectivity index (χ0v) is 25.6. The Labute approximate surface area is 236 Å². The van der Waals surface area contributed by atoms with Crippen LogP contribution in [0, 0.1) is 16.7 Å². The predicted octanol–water partition coefficient (Wildman–Crippen LogP) is 3.76. The number of rotatable bonds is 15. The average Bonchev–Trinajstić information content (AvgIpc) is 2.78. The number of halogens is 1. The van der Waals surface area contributed by atoms with Crippen LogP contribution in [0.4, 0.5) is 0 Å². The van der Waals surface area contributed by atoms with Crippen molar-refractivity contribution in [3.63, 3.8) is 0 Å². The molecule has 0 saturated heterocycles. The van der Waals surface area contributed by atoms with Gasteiger partial charge < -0.3 is 35.7 Å². The van der Waals surface area contributed by atoms with E-state index in [4.69, 9.17) is 19.5 Å². The summed E-state index contributed by atoms with van der Waals surface area (Å²) in [5, 5.41) is 8.59. The number of nitriles is 1. The van der Waals surface area contributed by atoms with Crippen LogP contribution >= 0.6 is 0 Å². The van der Waals surface area contributed by atoms with Crippen molar-refractivity contribution >= 4 is 0 Å². The molecule has 0 amide bonds. The Balaban J connectivity index is 0.00000684. The highest BCUT2D eigenvalue weighted by Crippen LogP contribution is 2.36. The molecule has 0 atom stereocenters. The Kier molecular flexibility index (Phi) is 13.7. The van der Waals surface area contributed by atoms with E-state index in [1.54, 1.807) is 0 Å². The number of nitrogens with zero attached hydrogens (tertiary/aromatic N) is 2. The van der Waals surface area contributed by atoms with Crippen LogP contribution in [0.5, 0.6) is 11.5 Å². The highest BCUT2D eigenvalue weighted by molar-refractivity contribution is 5.32. The SMILES string of the molecule is CC(C)(C)CC(C)(C)c1ccc(OCCOCC[N+](C)(C)Cc2ccc(OCCCC#N)cc2)cc1.[Br-]. The minimum atomic E-state index is 0. The number of hydrogen-bond acceptors (Lipinski definition) is 4. The number of benzene rings is 2. The van der Waals surface area contributed by atoms with Gasteiger partial charge in [-0.1, -0.05) is 46.8 Å². The smallest absolute Gasteiger partial charge is 0.119 e. The van der Waals surface area contributed by atoms with Crippen molar-refractivity contribution in [2.24, 2.45) is 5.41 Å². The first kappa shape index (κ1) is 33.0. The largest absolute Gasteiger partial charge is 1.00 e. The van der Waals surface area contributed by atoms with Crippen molar-refractivity contribution in [3.8, 4) is 17.6 Å². The number of unbranched alkanes of at least 4 members (excludes halogenated alkanes) is 1. The number of likely N-dealkylation sites (N-methyl/N-ethyl adjacent to an activating group) is 1. The fraction of sp³-hybridized carbons (Fsp3) is 0.581. The molecule has 0 aliphatic rings. The summed E-state index contributed by atoms with van der Waals surface area (Å²) in [4.78, 5) is 0. The molecule has 0 bridgehead atoms. The molecule has 37 heavy (non-hydrogen) atoms. The van der Waals surface area contributed by atoms with Gasteiger partial charge in [0.15, 0.2) is 0 Å². The van der Waals surface area contributed by atoms with Crippen LogP contribution in [0.15, 0.2) is 48.5 Å². The summed E-state index contributed by atoms with van der Waals surface area (Å²) in [6, 6.07) is 18.9. The minimum absolute atomic E-state index is 0. The molecular weight excluding hydrogens is 528 g/mol. The molecule has 0 saturated carbocycles. The summed E-state index contributed by atoms with van der Waals surface area (Å²) in [7, 11) is 4.43. The Hall–Kier alpha value is -2.07. The van der Waals surface area contributed by atoms with E-state index in [0.717, 1.165) is 41.9 Å². The van der Waals surface area contributed by atoms with Gasteiger partial charge in [-0.25, -0.2) is 0 Å². The van der Waals surface area contributed by atoms with Gasteiger partial charge in [0.05, 0.1) is 40.0 Å². The van der Waals surface area contributed by atoms with Crippen molar-refractivity contribution in [1.29, 1.82) is 5.26 Å². The number of hydrogen-bond donors (Lipinski definition) is 0. The quantitative estimate of drug-likeness (QED) is 0.240. The maximum Gasteiger partial charge on any atom is 0.119 e. The molecule has 206 valence electrons. The lowest BCUT2D eigenvalue weighted by atomic mass is 9.72. The normalized spacial score (nSPS) is 11.9. The van der Waals surface area contributed by atoms with Crippen LogP contribution in [0.3, 0.4) is 0 Å². The molecule has 0 aliphatic carbocycles. The lowest BCUT2D eigenvalue weighted by Crippen LogP contribution is -3.00. The van der Waals surface area contributed by atoms with E-state index in [9.17, 15) is 0 Å². The minimum Gasteiger partial charge on any atom is -1.00 e. The summed E-state index contributed by atoms with van der Waals surface area (Å²) in [6.07, 6.45) is 2.42. The second kappa shape index (κ2) is 15.4. The first-order chi connectivity index (χ1) is 16.9. The van der Waals surface area contributed by atoms with E-state index in [1.165, 1.54) is 11.1 Å². The molecule has 0 spiro atoms. The maximum absolute atomic E-state index is 8.59. The van der Waals surface area contributed by atoms with Gasteiger partial charge >= 0.3 is 0 Å². The Morgan fingerprint density at radius 1 is 0.784 bits per heavy atom. The fourth-order valence-electron chi connectivity index (χ4n) is 4.67. The molecule has 0 aliphatic heterocycles. The molecule has 0 N–H and O–H groups in total. The molecule has 6 heteroatoms. The van der Waals surface area contributed by atoms with Crippen LogP contribution in [-0.4, -0.2) is 51.6 Å². The van der Waals surface area contributed by atoms with E-state index >= 15 is 0 Å². The van der Waals surface area contributed by atoms with E-state index in [1.807, 2.05) is 12.1 Å². The molecule has 2 aromatic carbocycles. The molecule has 2 rings (SSSR count). The highest BCUT2D eigenvalue weighted by atomic mass is 79.9. The molecule has 0 fully saturated rings. The van der Waals surface area contributed by atoms with Crippen molar-refractivity contribution in [2.75, 3.05) is 47.1 Å². The average molecular weight is 576 g/mol. The Morgan fingerprint density at radius 2 is 1.35 bits per heavy atom. The van der Waals surface area contributed by atoms with Gasteiger partial charge in [0, 0.05) is 12.0 Å². The third-order valence-electron chi connectivity index (χ3n) is 6.18. The summed E-state index contributed by atoms with van der Waals surface area (Å²) >= 11 is 0. The van der Waals surface area contributed by atoms with Gasteiger partial charge in [-0.15, -0.1) is 0 Å². The molecule has 0 unspecified atom stereocenters. The van der Waals surface area contributed by atoms with Crippen LogP contribution in [0.25, 0.3) is 0 Å². The van der Waals surface area contributed by atoms with Gasteiger partial charge in [0.2, 0.25) is 0 Å². The summed E-state index contributed by atoms with van der Waals surface area (Å²) in [5.74, 6) is 1.75. The first-order valence-electron chi connectivity index (χ1n) is 13.1. The van der Waals surface area contributed by atoms with Gasteiger partial charge in [0.25, 0.3) is 0 Å². The van der Waals surface area contributed by atoms with Crippen LogP contribution < -0.4 is 26.5 Å². The van der Waals surface area contributed by atoms with E-state index < -0.39 is 0 Å². The Bertz CT molecular complexity index is 942. The second-order valence-corrected chi connectivity index (χ2v) is 12.2. The van der Waals surface area contributed by atoms with Crippen LogP contribution in [0.1, 0.15) is 65.0 Å². The highest BCUT2D eigenvalue weighted by Gasteiger charge is 2.27. The molecule has 0 aromatic heterocycles. The lowest BCUT2D eigenvalue weighted by molar-refractivity contribution is -0.904. The molecule has 0 radical (unpaired) electrons. The van der Waals surface area contributed by atoms with Crippen molar-refractivity contribution in [2.45, 2.75) is 65.8 Å². The third kappa shape index (κ3) is 13.3. The van der Waals surface area contributed by atoms with Crippen LogP contribution in [0.2, 0.25) is 0 Å². The van der Waals surface area contributed by atoms with E-state index in [0.29, 0.717) is 38.3 Å². The molecule has 5 nitrogen and oxygen atoms in total. The van der Waals surface area contributed by atoms with Gasteiger partial charge in [-0.3, -0.25) is 0 Å². The van der Waals surface area contributed by atoms with Gasteiger partial charge in [-0.2, -0.15) is 5.26 Å². The number of ether oxygens (including phenoxy) is 3. The summed E-state index contributed by atoms with van der Waals surface area (Å²) in [5.41, 5.74) is 3.04. The summed E-state index contributed by atoms with van der Waals surface area (Å²) < 4.78 is 18.3. The summed E-state index contributed by atoms with van der Waals surface area (Å²) in [6.45, 7) is 15.7. The zero-order valence-electron chi connectivity index (χ0n) is 24.0. The number of quaternary nitrogens is 1. The van der Waals surface area contributed by atoms with Gasteiger partial charge in [-0.05, 0) is 65.6 Å². The Morgan fingerprint density at radius 3 is 1.92 bits per heavy atom. The maximum atomic E-state index is 8.59. The first-order valence-corrected chi connectivity index (χ1v) is 13.1.